The number of aromatic nitrogens is 3. The number of halogens is 1. The molecular formula is C98H66BrN5O. The first-order chi connectivity index (χ1) is 52.0. The van der Waals surface area contributed by atoms with Crippen LogP contribution in [0.5, 0.6) is 0 Å². The average Bonchev–Trinajstić information content (AvgIpc) is 1.65. The molecule has 4 heterocycles. The quantitative estimate of drug-likeness (QED) is 0.148. The van der Waals surface area contributed by atoms with Crippen LogP contribution < -0.4 is 10.2 Å². The number of fused-ring (bicyclic) bond motifs is 16. The Morgan fingerprint density at radius 2 is 0.695 bits per heavy atom. The maximum Gasteiger partial charge on any atom is 0.160 e. The van der Waals surface area contributed by atoms with Crippen LogP contribution in [0.4, 0.5) is 28.4 Å². The molecule has 4 aromatic heterocycles. The molecule has 0 aliphatic carbocycles. The minimum atomic E-state index is 0.865. The Kier molecular flexibility index (Phi) is 16.0. The molecule has 0 unspecified atom stereocenters. The van der Waals surface area contributed by atoms with Crippen molar-refractivity contribution in [2.75, 3.05) is 10.2 Å². The highest BCUT2D eigenvalue weighted by Crippen LogP contribution is 2.50. The van der Waals surface area contributed by atoms with Crippen molar-refractivity contribution in [3.05, 3.63) is 399 Å². The van der Waals surface area contributed by atoms with Gasteiger partial charge in [-0.1, -0.05) is 277 Å². The second-order valence-corrected chi connectivity index (χ2v) is 27.4. The van der Waals surface area contributed by atoms with Crippen molar-refractivity contribution in [1.29, 1.82) is 0 Å². The monoisotopic (exact) mass is 1410 g/mol. The molecule has 0 fully saturated rings. The van der Waals surface area contributed by atoms with Gasteiger partial charge in [-0.3, -0.25) is 0 Å². The summed E-state index contributed by atoms with van der Waals surface area (Å²) in [5.41, 5.74) is 22.5. The highest BCUT2D eigenvalue weighted by Gasteiger charge is 2.26. The third-order valence-corrected chi connectivity index (χ3v) is 20.9. The van der Waals surface area contributed by atoms with Gasteiger partial charge < -0.3 is 28.3 Å². The number of anilines is 5. The van der Waals surface area contributed by atoms with Crippen molar-refractivity contribution >= 4 is 153 Å². The van der Waals surface area contributed by atoms with Crippen LogP contribution in [0.3, 0.4) is 0 Å². The zero-order valence-corrected chi connectivity index (χ0v) is 58.7. The molecular weight excluding hydrogens is 1340 g/mol. The van der Waals surface area contributed by atoms with Gasteiger partial charge in [0.15, 0.2) is 5.58 Å². The fourth-order valence-corrected chi connectivity index (χ4v) is 16.1. The number of nitrogens with zero attached hydrogens (tertiary/aromatic N) is 4. The third kappa shape index (κ3) is 11.2. The highest BCUT2D eigenvalue weighted by molar-refractivity contribution is 9.10. The zero-order valence-electron chi connectivity index (χ0n) is 57.1. The molecule has 0 spiro atoms. The Hall–Kier alpha value is -13.5. The Bertz CT molecular complexity index is 6820. The van der Waals surface area contributed by atoms with E-state index in [1.165, 1.54) is 98.6 Å². The molecule has 0 aliphatic heterocycles. The molecule has 6 nitrogen and oxygen atoms in total. The summed E-state index contributed by atoms with van der Waals surface area (Å²) >= 11 is 3.57. The fourth-order valence-electron chi connectivity index (χ4n) is 15.8. The lowest BCUT2D eigenvalue weighted by atomic mass is 9.97. The average molecular weight is 1410 g/mol. The second kappa shape index (κ2) is 26.8. The third-order valence-electron chi connectivity index (χ3n) is 20.4. The summed E-state index contributed by atoms with van der Waals surface area (Å²) < 4.78 is 15.2. The summed E-state index contributed by atoms with van der Waals surface area (Å²) in [5, 5.41) is 18.1. The van der Waals surface area contributed by atoms with E-state index in [0.717, 1.165) is 82.6 Å². The van der Waals surface area contributed by atoms with Crippen molar-refractivity contribution in [2.45, 2.75) is 0 Å². The number of para-hydroxylation sites is 8. The van der Waals surface area contributed by atoms with E-state index >= 15 is 0 Å². The molecule has 0 amide bonds. The summed E-state index contributed by atoms with van der Waals surface area (Å²) in [5.74, 6) is 0. The maximum atomic E-state index is 7.04. The fraction of sp³-hybridized carbons (Fsp3) is 0. The van der Waals surface area contributed by atoms with Gasteiger partial charge in [0.1, 0.15) is 5.58 Å². The Morgan fingerprint density at radius 3 is 1.28 bits per heavy atom. The number of furan rings is 1. The van der Waals surface area contributed by atoms with E-state index in [0.29, 0.717) is 0 Å². The predicted octanol–water partition coefficient (Wildman–Crippen LogP) is 27.9. The summed E-state index contributed by atoms with van der Waals surface area (Å²) in [4.78, 5) is 2.41. The van der Waals surface area contributed by atoms with Gasteiger partial charge in [-0.15, -0.1) is 0 Å². The summed E-state index contributed by atoms with van der Waals surface area (Å²) in [6.07, 6.45) is 0. The SMILES string of the molecule is Brc1ccc2c(c1)c1ccccc1n2-c1ccccc1.c1ccc(-c2ccccc2N(c2ccc3c(c2)c2ccccc2n3-c2ccccc2)c2cc3ccccc3c3c2oc2ccc4ccccc4c23)cc1.c1ccc(-c2ccccc2Nc2ccc3c(c2)c2ccccc2n3-c2ccccc2)cc1. The molecule has 21 aromatic rings. The van der Waals surface area contributed by atoms with Crippen LogP contribution in [0.15, 0.2) is 403 Å². The van der Waals surface area contributed by atoms with Crippen LogP contribution in [0, 0.1) is 0 Å². The van der Waals surface area contributed by atoms with Crippen molar-refractivity contribution in [3.63, 3.8) is 0 Å². The molecule has 0 radical (unpaired) electrons. The Labute approximate surface area is 615 Å². The van der Waals surface area contributed by atoms with Crippen molar-refractivity contribution in [3.8, 4) is 39.3 Å². The highest BCUT2D eigenvalue weighted by atomic mass is 79.9. The van der Waals surface area contributed by atoms with Gasteiger partial charge in [-0.25, -0.2) is 0 Å². The lowest BCUT2D eigenvalue weighted by Crippen LogP contribution is -2.11. The van der Waals surface area contributed by atoms with Crippen molar-refractivity contribution < 1.29 is 4.42 Å². The summed E-state index contributed by atoms with van der Waals surface area (Å²) in [7, 11) is 0. The first kappa shape index (κ1) is 62.5. The second-order valence-electron chi connectivity index (χ2n) is 26.5. The van der Waals surface area contributed by atoms with Crippen LogP contribution in [-0.2, 0) is 0 Å². The smallest absolute Gasteiger partial charge is 0.160 e. The van der Waals surface area contributed by atoms with Crippen LogP contribution >= 0.6 is 15.9 Å². The normalized spacial score (nSPS) is 11.5. The largest absolute Gasteiger partial charge is 0.454 e. The summed E-state index contributed by atoms with van der Waals surface area (Å²) in [6.45, 7) is 0. The van der Waals surface area contributed by atoms with Gasteiger partial charge in [0.2, 0.25) is 0 Å². The molecule has 21 rings (SSSR count). The minimum Gasteiger partial charge on any atom is -0.454 e. The molecule has 0 saturated carbocycles. The molecule has 7 heteroatoms. The van der Waals surface area contributed by atoms with Gasteiger partial charge in [-0.05, 0) is 166 Å². The summed E-state index contributed by atoms with van der Waals surface area (Å²) in [6, 6.07) is 140. The van der Waals surface area contributed by atoms with Gasteiger partial charge in [0, 0.05) is 92.8 Å². The molecule has 0 atom stereocenters. The van der Waals surface area contributed by atoms with E-state index in [1.807, 2.05) is 6.07 Å². The van der Waals surface area contributed by atoms with Gasteiger partial charge >= 0.3 is 0 Å². The number of rotatable bonds is 10. The van der Waals surface area contributed by atoms with E-state index in [1.54, 1.807) is 0 Å². The minimum absolute atomic E-state index is 0.865. The number of nitrogens with one attached hydrogen (secondary N) is 1. The Balaban J connectivity index is 0.000000122. The number of hydrogen-bond acceptors (Lipinski definition) is 3. The molecule has 0 bridgehead atoms. The molecule has 1 N–H and O–H groups in total. The standard InChI is InChI=1S/C50H32N2O.C30H22N2.C18H12BrN/c1-3-15-33(16-4-1)38-21-11-13-25-43(38)52(37-28-29-45-42(32-37)41-24-12-14-26-44(41)51(45)36-19-5-2-6-20-36)46-31-35-18-8-10-23-40(35)49-48-39-22-9-7-17-34(39)27-30-47(48)53-50(46)49;1-3-11-22(12-4-1)25-15-7-9-17-28(25)31-23-19-20-30-27(21-23)26-16-8-10-18-29(26)32(30)24-13-5-2-6-14-24;19-13-10-11-18-16(12-13)15-8-4-5-9-17(15)20(18)14-6-2-1-3-7-14/h1-32H;1-21,31H;1-12H. The van der Waals surface area contributed by atoms with E-state index < -0.39 is 0 Å². The molecule has 0 saturated heterocycles. The van der Waals surface area contributed by atoms with E-state index in [2.05, 4.69) is 428 Å². The van der Waals surface area contributed by atoms with E-state index in [-0.39, 0.29) is 0 Å². The van der Waals surface area contributed by atoms with Gasteiger partial charge in [-0.2, -0.15) is 0 Å². The number of hydrogen-bond donors (Lipinski definition) is 1. The maximum absolute atomic E-state index is 7.04. The molecule has 0 aliphatic rings. The first-order valence-electron chi connectivity index (χ1n) is 35.6. The molecule has 17 aromatic carbocycles. The zero-order chi connectivity index (χ0) is 69.7. The van der Waals surface area contributed by atoms with E-state index in [4.69, 9.17) is 4.42 Å². The van der Waals surface area contributed by atoms with Crippen LogP contribution in [0.25, 0.3) is 148 Å². The lowest BCUT2D eigenvalue weighted by molar-refractivity contribution is 0.669. The number of benzene rings is 17. The van der Waals surface area contributed by atoms with E-state index in [9.17, 15) is 0 Å². The Morgan fingerprint density at radius 1 is 0.276 bits per heavy atom. The lowest BCUT2D eigenvalue weighted by Gasteiger charge is -2.28. The topological polar surface area (TPSA) is 43.2 Å². The van der Waals surface area contributed by atoms with Crippen LogP contribution in [-0.4, -0.2) is 13.7 Å². The van der Waals surface area contributed by atoms with Crippen LogP contribution in [0.1, 0.15) is 0 Å². The first-order valence-corrected chi connectivity index (χ1v) is 36.4. The van der Waals surface area contributed by atoms with Gasteiger partial charge in [0.05, 0.1) is 44.5 Å². The predicted molar refractivity (Wildman–Crippen MR) is 448 cm³/mol. The molecule has 105 heavy (non-hydrogen) atoms. The van der Waals surface area contributed by atoms with Crippen molar-refractivity contribution in [2.24, 2.45) is 0 Å². The van der Waals surface area contributed by atoms with Gasteiger partial charge in [0.25, 0.3) is 0 Å². The van der Waals surface area contributed by atoms with Crippen LogP contribution in [0.2, 0.25) is 0 Å². The molecule has 496 valence electrons. The van der Waals surface area contributed by atoms with Crippen molar-refractivity contribution in [1.82, 2.24) is 13.7 Å².